The van der Waals surface area contributed by atoms with Gasteiger partial charge in [0, 0.05) is 52.7 Å². The number of halogens is 4. The van der Waals surface area contributed by atoms with Crippen molar-refractivity contribution in [3.05, 3.63) is 131 Å². The Morgan fingerprint density at radius 1 is 0.810 bits per heavy atom. The van der Waals surface area contributed by atoms with E-state index in [9.17, 15) is 17.3 Å². The third-order valence-electron chi connectivity index (χ3n) is 7.85. The van der Waals surface area contributed by atoms with Crippen molar-refractivity contribution in [3.8, 4) is 11.8 Å². The quantitative estimate of drug-likeness (QED) is 0.100. The third kappa shape index (κ3) is 6.60. The van der Waals surface area contributed by atoms with Crippen LogP contribution in [0.1, 0.15) is 44.4 Å². The van der Waals surface area contributed by atoms with E-state index >= 15 is 0 Å². The summed E-state index contributed by atoms with van der Waals surface area (Å²) in [5.41, 5.74) is 9.60. The first-order valence-corrected chi connectivity index (χ1v) is 13.8. The summed E-state index contributed by atoms with van der Waals surface area (Å²) in [5.74, 6) is 6.80. The zero-order chi connectivity index (χ0) is 30.7. The van der Waals surface area contributed by atoms with E-state index in [2.05, 4.69) is 148 Å². The minimum absolute atomic E-state index is 0.0758. The summed E-state index contributed by atoms with van der Waals surface area (Å²) < 4.78 is 41.3. The zero-order valence-electron chi connectivity index (χ0n) is 24.8. The van der Waals surface area contributed by atoms with E-state index in [1.807, 2.05) is 18.2 Å². The molecule has 0 fully saturated rings. The molecule has 0 N–H and O–H groups in total. The Morgan fingerprint density at radius 2 is 1.38 bits per heavy atom. The fourth-order valence-corrected chi connectivity index (χ4v) is 5.75. The topological polar surface area (TPSA) is 6.25 Å². The Morgan fingerprint density at radius 3 is 2.00 bits per heavy atom. The summed E-state index contributed by atoms with van der Waals surface area (Å²) in [7, 11) is -1.69. The highest BCUT2D eigenvalue weighted by Crippen LogP contribution is 2.46. The van der Waals surface area contributed by atoms with Crippen LogP contribution in [0.5, 0.6) is 0 Å². The Balaban J connectivity index is 0.000000748. The lowest BCUT2D eigenvalue weighted by Gasteiger charge is -2.23. The Labute approximate surface area is 246 Å². The van der Waals surface area contributed by atoms with E-state index in [1.165, 1.54) is 33.9 Å². The molecule has 216 valence electrons. The summed E-state index contributed by atoms with van der Waals surface area (Å²) in [6.45, 7) is 9.18. The highest BCUT2D eigenvalue weighted by Gasteiger charge is 2.42. The van der Waals surface area contributed by atoms with Crippen molar-refractivity contribution in [2.75, 3.05) is 19.0 Å². The maximum atomic E-state index is 9.75. The number of likely N-dealkylation sites (N-methyl/N-ethyl adjacent to an activating group) is 1. The smallest absolute Gasteiger partial charge is 0.418 e. The number of benzene rings is 3. The SMILES string of the molecule is CN1/C(=C/C=C(C#Cc2ccccc2)/C=C/C2=[N+](C)c3ccccc3C2(C)C)C(C)(C)c2ccccc21.F[B-](F)(F)F. The van der Waals surface area contributed by atoms with Gasteiger partial charge in [-0.1, -0.05) is 80.3 Å². The highest BCUT2D eigenvalue weighted by atomic mass is 19.5. The molecule has 0 aromatic heterocycles. The molecule has 0 amide bonds. The van der Waals surface area contributed by atoms with Crippen LogP contribution in [0.15, 0.2) is 114 Å². The molecule has 3 aromatic carbocycles. The van der Waals surface area contributed by atoms with Crippen LogP contribution in [0.25, 0.3) is 0 Å². The second kappa shape index (κ2) is 11.9. The van der Waals surface area contributed by atoms with Crippen molar-refractivity contribution < 1.29 is 21.8 Å². The van der Waals surface area contributed by atoms with Gasteiger partial charge < -0.3 is 22.2 Å². The van der Waals surface area contributed by atoms with Crippen molar-refractivity contribution in [1.82, 2.24) is 0 Å². The Bertz CT molecular complexity index is 1640. The van der Waals surface area contributed by atoms with Crippen LogP contribution < -0.4 is 4.90 Å². The molecule has 0 spiro atoms. The molecule has 7 heteroatoms. The lowest BCUT2D eigenvalue weighted by molar-refractivity contribution is -0.401. The van der Waals surface area contributed by atoms with Gasteiger partial charge in [-0.25, -0.2) is 0 Å². The van der Waals surface area contributed by atoms with Gasteiger partial charge in [0.05, 0.1) is 5.41 Å². The monoisotopic (exact) mass is 570 g/mol. The van der Waals surface area contributed by atoms with Gasteiger partial charge in [0.2, 0.25) is 5.69 Å². The summed E-state index contributed by atoms with van der Waals surface area (Å²) in [6.07, 6.45) is 8.81. The molecule has 42 heavy (non-hydrogen) atoms. The molecule has 2 aliphatic heterocycles. The molecule has 0 atom stereocenters. The van der Waals surface area contributed by atoms with Crippen molar-refractivity contribution >= 4 is 24.3 Å². The van der Waals surface area contributed by atoms with Gasteiger partial charge in [-0.3, -0.25) is 0 Å². The zero-order valence-corrected chi connectivity index (χ0v) is 24.8. The number of rotatable bonds is 3. The average molecular weight is 570 g/mol. The van der Waals surface area contributed by atoms with Gasteiger partial charge in [0.15, 0.2) is 5.71 Å². The second-order valence-corrected chi connectivity index (χ2v) is 11.4. The van der Waals surface area contributed by atoms with E-state index in [0.29, 0.717) is 0 Å². The van der Waals surface area contributed by atoms with Crippen LogP contribution in [0.4, 0.5) is 28.6 Å². The molecule has 2 heterocycles. The Hall–Kier alpha value is -4.31. The third-order valence-corrected chi connectivity index (χ3v) is 7.85. The van der Waals surface area contributed by atoms with E-state index in [1.54, 1.807) is 0 Å². The molecule has 3 aromatic rings. The molecule has 0 saturated heterocycles. The number of hydrogen-bond donors (Lipinski definition) is 0. The first kappa shape index (κ1) is 30.6. The molecule has 2 aliphatic rings. The number of anilines is 1. The van der Waals surface area contributed by atoms with Crippen molar-refractivity contribution in [2.24, 2.45) is 0 Å². The van der Waals surface area contributed by atoms with E-state index in [0.717, 1.165) is 11.1 Å². The number of nitrogens with zero attached hydrogens (tertiary/aromatic N) is 2. The largest absolute Gasteiger partial charge is 0.673 e. The second-order valence-electron chi connectivity index (χ2n) is 11.4. The van der Waals surface area contributed by atoms with Crippen molar-refractivity contribution in [1.29, 1.82) is 0 Å². The van der Waals surface area contributed by atoms with Gasteiger partial charge in [0.25, 0.3) is 0 Å². The number of allylic oxidation sites excluding steroid dienone is 6. The van der Waals surface area contributed by atoms with Gasteiger partial charge in [-0.15, -0.1) is 0 Å². The minimum atomic E-state index is -6.00. The fourth-order valence-electron chi connectivity index (χ4n) is 5.75. The van der Waals surface area contributed by atoms with Crippen molar-refractivity contribution in [3.63, 3.8) is 0 Å². The Kier molecular flexibility index (Phi) is 8.68. The van der Waals surface area contributed by atoms with Crippen LogP contribution in [-0.4, -0.2) is 31.6 Å². The van der Waals surface area contributed by atoms with Gasteiger partial charge in [-0.05, 0) is 55.8 Å². The van der Waals surface area contributed by atoms with Crippen LogP contribution in [-0.2, 0) is 10.8 Å². The molecule has 5 rings (SSSR count). The maximum Gasteiger partial charge on any atom is 0.673 e. The average Bonchev–Trinajstić information content (AvgIpc) is 3.26. The minimum Gasteiger partial charge on any atom is -0.418 e. The first-order chi connectivity index (χ1) is 19.7. The van der Waals surface area contributed by atoms with Crippen LogP contribution in [0.2, 0.25) is 0 Å². The molecule has 0 radical (unpaired) electrons. The molecule has 0 unspecified atom stereocenters. The lowest BCUT2D eigenvalue weighted by atomic mass is 9.81. The predicted octanol–water partition coefficient (Wildman–Crippen LogP) is 8.84. The van der Waals surface area contributed by atoms with E-state index in [-0.39, 0.29) is 10.8 Å². The molecular formula is C35H35BF4N2. The molecule has 0 bridgehead atoms. The summed E-state index contributed by atoms with van der Waals surface area (Å²) in [5, 5.41) is 0. The standard InChI is InChI=1S/C35H35N2.BF4/c1-34(2)28-16-10-12-18-30(28)36(5)32(34)24-22-27(21-20-26-14-8-7-9-15-26)23-25-33-35(3,4)29-17-11-13-19-31(29)37(33)6;2-1(3,4)5/h7-19,22-25H,1-6H3;/q+1;-1. The first-order valence-electron chi connectivity index (χ1n) is 13.8. The van der Waals surface area contributed by atoms with Crippen LogP contribution in [0, 0.1) is 11.8 Å². The van der Waals surface area contributed by atoms with Crippen molar-refractivity contribution in [2.45, 2.75) is 38.5 Å². The molecule has 0 saturated carbocycles. The number of hydrogen-bond acceptors (Lipinski definition) is 1. The van der Waals surface area contributed by atoms with E-state index in [4.69, 9.17) is 0 Å². The van der Waals surface area contributed by atoms with Crippen LogP contribution in [0.3, 0.4) is 0 Å². The highest BCUT2D eigenvalue weighted by molar-refractivity contribution is 6.50. The maximum absolute atomic E-state index is 9.75. The number of fused-ring (bicyclic) bond motifs is 2. The summed E-state index contributed by atoms with van der Waals surface area (Å²) in [4.78, 5) is 2.30. The fraction of sp³-hybridized carbons (Fsp3) is 0.229. The van der Waals surface area contributed by atoms with Gasteiger partial charge >= 0.3 is 7.25 Å². The summed E-state index contributed by atoms with van der Waals surface area (Å²) in [6, 6.07) is 27.5. The molecule has 2 nitrogen and oxygen atoms in total. The summed E-state index contributed by atoms with van der Waals surface area (Å²) >= 11 is 0. The van der Waals surface area contributed by atoms with Crippen LogP contribution >= 0.6 is 0 Å². The van der Waals surface area contributed by atoms with E-state index < -0.39 is 7.25 Å². The van der Waals surface area contributed by atoms with Gasteiger partial charge in [-0.2, -0.15) is 4.58 Å². The predicted molar refractivity (Wildman–Crippen MR) is 167 cm³/mol. The normalized spacial score (nSPS) is 17.9. The van der Waals surface area contributed by atoms with Gasteiger partial charge in [0.1, 0.15) is 7.05 Å². The molecule has 0 aliphatic carbocycles. The lowest BCUT2D eigenvalue weighted by Crippen LogP contribution is -2.26. The molecular weight excluding hydrogens is 535 g/mol. The number of para-hydroxylation sites is 2.